The van der Waals surface area contributed by atoms with E-state index in [0.717, 1.165) is 43.8 Å². The molecule has 3 saturated heterocycles. The molecule has 5 rings (SSSR count). The number of benzene rings is 1. The van der Waals surface area contributed by atoms with Gasteiger partial charge >= 0.3 is 0 Å². The number of halogens is 1. The van der Waals surface area contributed by atoms with Crippen molar-refractivity contribution in [2.75, 3.05) is 33.7 Å². The Morgan fingerprint density at radius 3 is 2.54 bits per heavy atom. The number of hydrogen-bond donors (Lipinski definition) is 1. The number of carbonyl (C=O) groups is 3. The predicted octanol–water partition coefficient (Wildman–Crippen LogP) is 4.54. The number of nitrogens with one attached hydrogen (secondary N) is 1. The van der Waals surface area contributed by atoms with Crippen LogP contribution < -0.4 is 5.32 Å². The quantitative estimate of drug-likeness (QED) is 0.331. The molecular weight excluding hydrogens is 535 g/mol. The number of aromatic nitrogens is 1. The van der Waals surface area contributed by atoms with Crippen LogP contribution >= 0.6 is 23.1 Å². The van der Waals surface area contributed by atoms with Crippen molar-refractivity contribution >= 4 is 40.6 Å². The van der Waals surface area contributed by atoms with Crippen LogP contribution in [0.3, 0.4) is 0 Å². The number of nitrogens with zero attached hydrogens (tertiary/aromatic N) is 3. The van der Waals surface area contributed by atoms with Crippen molar-refractivity contribution in [2.24, 2.45) is 11.8 Å². The molecule has 1 aromatic carbocycles. The monoisotopic (exact) mass is 572 g/mol. The first-order chi connectivity index (χ1) is 18.7. The third-order valence-corrected chi connectivity index (χ3v) is 11.2. The Morgan fingerprint density at radius 2 is 1.87 bits per heavy atom. The van der Waals surface area contributed by atoms with Crippen LogP contribution in [-0.2, 0) is 9.59 Å². The summed E-state index contributed by atoms with van der Waals surface area (Å²) in [4.78, 5) is 49.1. The summed E-state index contributed by atoms with van der Waals surface area (Å²) in [5.74, 6) is -0.223. The number of thioether (sulfide) groups is 1. The lowest BCUT2D eigenvalue weighted by Crippen LogP contribution is -2.42. The zero-order chi connectivity index (χ0) is 27.7. The predicted molar refractivity (Wildman–Crippen MR) is 152 cm³/mol. The molecule has 10 heteroatoms. The Hall–Kier alpha value is -2.14. The van der Waals surface area contributed by atoms with Crippen molar-refractivity contribution in [2.45, 2.75) is 61.6 Å². The fourth-order valence-electron chi connectivity index (χ4n) is 6.08. The highest BCUT2D eigenvalue weighted by Crippen LogP contribution is 2.53. The Balaban J connectivity index is 1.31. The second-order valence-corrected chi connectivity index (χ2v) is 13.6. The maximum Gasteiger partial charge on any atom is 0.226 e. The fraction of sp³-hybridized carbons (Fsp3) is 0.586. The van der Waals surface area contributed by atoms with E-state index in [9.17, 15) is 18.8 Å². The molecule has 1 amide bonds. The van der Waals surface area contributed by atoms with Crippen molar-refractivity contribution in [3.63, 3.8) is 0 Å². The van der Waals surface area contributed by atoms with Crippen LogP contribution in [0.4, 0.5) is 4.39 Å². The van der Waals surface area contributed by atoms with E-state index in [2.05, 4.69) is 22.2 Å². The number of Topliss-reactive ketones (excluding diaryl/α,β-unsaturated/α-hetero) is 1. The highest BCUT2D eigenvalue weighted by molar-refractivity contribution is 8.09. The maximum atomic E-state index is 14.2. The minimum atomic E-state index is -0.390. The molecule has 4 atom stereocenters. The molecule has 3 aliphatic rings. The average Bonchev–Trinajstić information content (AvgIpc) is 3.28. The van der Waals surface area contributed by atoms with Gasteiger partial charge in [-0.3, -0.25) is 14.4 Å². The fourth-order valence-corrected chi connectivity index (χ4v) is 8.05. The van der Waals surface area contributed by atoms with E-state index in [4.69, 9.17) is 0 Å². The van der Waals surface area contributed by atoms with Gasteiger partial charge in [0, 0.05) is 29.8 Å². The molecule has 1 N–H and O–H groups in total. The molecule has 2 aromatic rings. The Morgan fingerprint density at radius 1 is 1.15 bits per heavy atom. The molecule has 3 aliphatic heterocycles. The molecule has 0 radical (unpaired) electrons. The molecule has 3 fully saturated rings. The lowest BCUT2D eigenvalue weighted by Gasteiger charge is -2.36. The number of carbonyl (C=O) groups excluding carboxylic acids is 3. The first kappa shape index (κ1) is 28.4. The van der Waals surface area contributed by atoms with Gasteiger partial charge < -0.3 is 15.1 Å². The van der Waals surface area contributed by atoms with Crippen LogP contribution in [0.15, 0.2) is 29.6 Å². The lowest BCUT2D eigenvalue weighted by molar-refractivity contribution is -0.139. The van der Waals surface area contributed by atoms with Gasteiger partial charge in [0.1, 0.15) is 16.5 Å². The topological polar surface area (TPSA) is 82.6 Å². The standard InChI is InChI=1S/C29H37FN4O3S2/c1-29(28(31-2)39-29)24(35)11-10-21(18-12-15-33(3)16-13-18)27(37)34-14-4-5-23(34)26-32-22(17-38-26)25(36)19-6-8-20(30)9-7-19/h6-9,17-18,21,23,28,31H,4-5,10-16H2,1-3H3/t21-,23-,28?,29-/m0/s1. The van der Waals surface area contributed by atoms with Gasteiger partial charge in [-0.1, -0.05) is 0 Å². The first-order valence-electron chi connectivity index (χ1n) is 13.8. The van der Waals surface area contributed by atoms with Crippen molar-refractivity contribution in [1.29, 1.82) is 0 Å². The third kappa shape index (κ3) is 5.99. The van der Waals surface area contributed by atoms with Gasteiger partial charge in [-0.2, -0.15) is 0 Å². The van der Waals surface area contributed by atoms with Crippen molar-refractivity contribution in [1.82, 2.24) is 20.1 Å². The smallest absolute Gasteiger partial charge is 0.226 e. The van der Waals surface area contributed by atoms with Crippen LogP contribution in [0.5, 0.6) is 0 Å². The largest absolute Gasteiger partial charge is 0.333 e. The van der Waals surface area contributed by atoms with Gasteiger partial charge in [0.15, 0.2) is 5.78 Å². The van der Waals surface area contributed by atoms with Crippen molar-refractivity contribution in [3.8, 4) is 0 Å². The Bertz CT molecular complexity index is 1210. The molecule has 210 valence electrons. The number of thiazole rings is 1. The summed E-state index contributed by atoms with van der Waals surface area (Å²) in [6.45, 7) is 4.58. The molecule has 0 bridgehead atoms. The van der Waals surface area contributed by atoms with E-state index in [-0.39, 0.29) is 45.5 Å². The van der Waals surface area contributed by atoms with E-state index in [1.54, 1.807) is 17.1 Å². The normalized spacial score (nSPS) is 26.5. The number of likely N-dealkylation sites (tertiary alicyclic amines) is 2. The second-order valence-electron chi connectivity index (χ2n) is 11.2. The molecule has 1 aromatic heterocycles. The summed E-state index contributed by atoms with van der Waals surface area (Å²) in [5.41, 5.74) is 0.718. The van der Waals surface area contributed by atoms with E-state index >= 15 is 0 Å². The SMILES string of the molecule is CNC1S[C@@]1(C)C(=O)CC[C@H](C(=O)N1CCC[C@H]1c1nc(C(=O)c2ccc(F)cc2)cs1)C1CCN(C)CC1. The number of piperidine rings is 1. The summed E-state index contributed by atoms with van der Waals surface area (Å²) in [6.07, 6.45) is 4.59. The zero-order valence-electron chi connectivity index (χ0n) is 22.8. The summed E-state index contributed by atoms with van der Waals surface area (Å²) in [7, 11) is 4.00. The molecule has 7 nitrogen and oxygen atoms in total. The minimum absolute atomic E-state index is 0.125. The molecule has 39 heavy (non-hydrogen) atoms. The van der Waals surface area contributed by atoms with Crippen LogP contribution in [0.2, 0.25) is 0 Å². The van der Waals surface area contributed by atoms with Gasteiger partial charge in [0.2, 0.25) is 11.7 Å². The lowest BCUT2D eigenvalue weighted by atomic mass is 9.79. The molecule has 4 heterocycles. The highest BCUT2D eigenvalue weighted by atomic mass is 32.2. The molecule has 0 aliphatic carbocycles. The van der Waals surface area contributed by atoms with E-state index in [0.29, 0.717) is 30.6 Å². The molecule has 0 spiro atoms. The maximum absolute atomic E-state index is 14.2. The van der Waals surface area contributed by atoms with Gasteiger partial charge in [-0.05, 0) is 96.4 Å². The van der Waals surface area contributed by atoms with Crippen molar-refractivity contribution < 1.29 is 18.8 Å². The summed E-state index contributed by atoms with van der Waals surface area (Å²) >= 11 is 3.06. The second kappa shape index (κ2) is 11.8. The summed E-state index contributed by atoms with van der Waals surface area (Å²) < 4.78 is 12.9. The zero-order valence-corrected chi connectivity index (χ0v) is 24.5. The Labute approximate surface area is 237 Å². The van der Waals surface area contributed by atoms with Crippen LogP contribution in [0, 0.1) is 17.7 Å². The van der Waals surface area contributed by atoms with E-state index in [1.807, 2.05) is 18.9 Å². The van der Waals surface area contributed by atoms with Crippen molar-refractivity contribution in [3.05, 3.63) is 51.7 Å². The number of amides is 1. The highest BCUT2D eigenvalue weighted by Gasteiger charge is 2.56. The van der Waals surface area contributed by atoms with Crippen LogP contribution in [0.25, 0.3) is 0 Å². The molecule has 1 unspecified atom stereocenters. The summed E-state index contributed by atoms with van der Waals surface area (Å²) in [6, 6.07) is 5.32. The molecule has 0 saturated carbocycles. The van der Waals surface area contributed by atoms with Gasteiger partial charge in [0.25, 0.3) is 0 Å². The van der Waals surface area contributed by atoms with Gasteiger partial charge in [-0.15, -0.1) is 23.1 Å². The minimum Gasteiger partial charge on any atom is -0.333 e. The van der Waals surface area contributed by atoms with E-state index in [1.165, 1.54) is 35.6 Å². The number of ketones is 2. The van der Waals surface area contributed by atoms with Crippen LogP contribution in [0.1, 0.15) is 72.6 Å². The number of rotatable bonds is 10. The average molecular weight is 573 g/mol. The Kier molecular flexibility index (Phi) is 8.56. The van der Waals surface area contributed by atoms with Gasteiger partial charge in [-0.25, -0.2) is 9.37 Å². The number of hydrogen-bond acceptors (Lipinski definition) is 8. The van der Waals surface area contributed by atoms with Crippen LogP contribution in [-0.4, -0.2) is 76.1 Å². The first-order valence-corrected chi connectivity index (χ1v) is 15.6. The summed E-state index contributed by atoms with van der Waals surface area (Å²) in [5, 5.41) is 5.85. The van der Waals surface area contributed by atoms with Gasteiger partial charge in [0.05, 0.1) is 16.2 Å². The van der Waals surface area contributed by atoms with E-state index < -0.39 is 5.82 Å². The molecular formula is C29H37FN4O3S2. The third-order valence-electron chi connectivity index (χ3n) is 8.64.